The van der Waals surface area contributed by atoms with Gasteiger partial charge < -0.3 is 16.0 Å². The minimum atomic E-state index is -0.0764. The normalized spacial score (nSPS) is 10.4. The fourth-order valence-corrected chi connectivity index (χ4v) is 1.65. The van der Waals surface area contributed by atoms with E-state index < -0.39 is 0 Å². The summed E-state index contributed by atoms with van der Waals surface area (Å²) < 4.78 is 0. The van der Waals surface area contributed by atoms with E-state index in [9.17, 15) is 4.79 Å². The molecule has 0 atom stereocenters. The van der Waals surface area contributed by atoms with E-state index in [4.69, 9.17) is 5.73 Å². The number of nitrogens with one attached hydrogen (secondary N) is 1. The fraction of sp³-hybridized carbons (Fsp3) is 0.462. The topological polar surface area (TPSA) is 58.4 Å². The molecule has 0 aliphatic carbocycles. The Balaban J connectivity index is 2.69. The number of carbonyl (C=O) groups excluding carboxylic acids is 1. The van der Waals surface area contributed by atoms with Gasteiger partial charge in [-0.2, -0.15) is 0 Å². The maximum Gasteiger partial charge on any atom is 0.322 e. The van der Waals surface area contributed by atoms with Crippen molar-refractivity contribution in [3.63, 3.8) is 0 Å². The van der Waals surface area contributed by atoms with Gasteiger partial charge in [0, 0.05) is 24.0 Å². The van der Waals surface area contributed by atoms with Crippen molar-refractivity contribution in [3.05, 3.63) is 24.3 Å². The molecule has 0 saturated carbocycles. The van der Waals surface area contributed by atoms with Crippen molar-refractivity contribution in [1.29, 1.82) is 0 Å². The number of rotatable bonds is 4. The number of hydrogen-bond acceptors (Lipinski definition) is 2. The van der Waals surface area contributed by atoms with Crippen LogP contribution in [0.15, 0.2) is 24.3 Å². The second-order valence-electron chi connectivity index (χ2n) is 4.34. The van der Waals surface area contributed by atoms with Gasteiger partial charge in [0.25, 0.3) is 0 Å². The van der Waals surface area contributed by atoms with Crippen LogP contribution in [0.4, 0.5) is 16.2 Å². The predicted octanol–water partition coefficient (Wildman–Crippen LogP) is 2.92. The molecule has 0 aromatic heterocycles. The highest BCUT2D eigenvalue weighted by molar-refractivity contribution is 5.90. The lowest BCUT2D eigenvalue weighted by Gasteiger charge is -2.26. The second-order valence-corrected chi connectivity index (χ2v) is 4.34. The van der Waals surface area contributed by atoms with Crippen LogP contribution in [0.5, 0.6) is 0 Å². The van der Waals surface area contributed by atoms with Crippen LogP contribution in [0, 0.1) is 0 Å². The van der Waals surface area contributed by atoms with E-state index in [1.165, 1.54) is 0 Å². The van der Waals surface area contributed by atoms with Gasteiger partial charge in [-0.25, -0.2) is 4.79 Å². The maximum atomic E-state index is 12.0. The fourth-order valence-electron chi connectivity index (χ4n) is 1.65. The predicted molar refractivity (Wildman–Crippen MR) is 72.0 cm³/mol. The van der Waals surface area contributed by atoms with Gasteiger partial charge in [0.05, 0.1) is 0 Å². The number of anilines is 2. The molecule has 4 nitrogen and oxygen atoms in total. The number of carbonyl (C=O) groups is 1. The summed E-state index contributed by atoms with van der Waals surface area (Å²) in [4.78, 5) is 13.8. The van der Waals surface area contributed by atoms with Gasteiger partial charge in [0.2, 0.25) is 0 Å². The van der Waals surface area contributed by atoms with Gasteiger partial charge in [0.1, 0.15) is 0 Å². The van der Waals surface area contributed by atoms with Crippen LogP contribution in [-0.4, -0.2) is 23.5 Å². The van der Waals surface area contributed by atoms with Crippen molar-refractivity contribution in [1.82, 2.24) is 4.90 Å². The summed E-state index contributed by atoms with van der Waals surface area (Å²) in [6.07, 6.45) is 0.947. The van der Waals surface area contributed by atoms with Gasteiger partial charge in [-0.15, -0.1) is 0 Å². The van der Waals surface area contributed by atoms with Crippen LogP contribution in [0.3, 0.4) is 0 Å². The number of nitrogens with two attached hydrogens (primary N) is 1. The van der Waals surface area contributed by atoms with Crippen LogP contribution in [-0.2, 0) is 0 Å². The zero-order valence-corrected chi connectivity index (χ0v) is 10.7. The molecular weight excluding hydrogens is 214 g/mol. The summed E-state index contributed by atoms with van der Waals surface area (Å²) in [6.45, 7) is 6.83. The Hall–Kier alpha value is -1.71. The van der Waals surface area contributed by atoms with Gasteiger partial charge in [-0.3, -0.25) is 0 Å². The summed E-state index contributed by atoms with van der Waals surface area (Å²) in [5.41, 5.74) is 7.04. The van der Waals surface area contributed by atoms with Crippen LogP contribution < -0.4 is 11.1 Å². The number of nitrogens with zero attached hydrogens (tertiary/aromatic N) is 1. The maximum absolute atomic E-state index is 12.0. The quantitative estimate of drug-likeness (QED) is 0.788. The molecule has 2 amide bonds. The minimum Gasteiger partial charge on any atom is -0.399 e. The molecule has 0 spiro atoms. The zero-order valence-electron chi connectivity index (χ0n) is 10.7. The van der Waals surface area contributed by atoms with E-state index in [1.807, 2.05) is 30.9 Å². The molecule has 0 aliphatic heterocycles. The summed E-state index contributed by atoms with van der Waals surface area (Å²) >= 11 is 0. The standard InChI is InChI=1S/C13H21N3O/c1-4-8-16(10(2)3)13(17)15-12-7-5-6-11(14)9-12/h5-7,9-10H,4,8,14H2,1-3H3,(H,15,17). The van der Waals surface area contributed by atoms with Crippen molar-refractivity contribution in [2.45, 2.75) is 33.2 Å². The van der Waals surface area contributed by atoms with Crippen molar-refractivity contribution < 1.29 is 4.79 Å². The lowest BCUT2D eigenvalue weighted by atomic mass is 10.2. The highest BCUT2D eigenvalue weighted by Crippen LogP contribution is 2.13. The lowest BCUT2D eigenvalue weighted by molar-refractivity contribution is 0.197. The number of hydrogen-bond donors (Lipinski definition) is 2. The summed E-state index contributed by atoms with van der Waals surface area (Å²) in [7, 11) is 0. The molecule has 0 saturated heterocycles. The first-order chi connectivity index (χ1) is 8.04. The molecule has 3 N–H and O–H groups in total. The van der Waals surface area contributed by atoms with Gasteiger partial charge >= 0.3 is 6.03 Å². The molecule has 0 fully saturated rings. The number of urea groups is 1. The van der Waals surface area contributed by atoms with E-state index in [1.54, 1.807) is 12.1 Å². The SMILES string of the molecule is CCCN(C(=O)Nc1cccc(N)c1)C(C)C. The second kappa shape index (κ2) is 6.13. The molecule has 0 unspecified atom stereocenters. The number of amides is 2. The summed E-state index contributed by atoms with van der Waals surface area (Å²) in [5, 5.41) is 2.86. The van der Waals surface area contributed by atoms with Crippen LogP contribution >= 0.6 is 0 Å². The molecule has 17 heavy (non-hydrogen) atoms. The van der Waals surface area contributed by atoms with Crippen molar-refractivity contribution in [2.24, 2.45) is 0 Å². The molecule has 1 aromatic rings. The molecule has 1 rings (SSSR count). The van der Waals surface area contributed by atoms with Crippen LogP contribution in [0.25, 0.3) is 0 Å². The number of nitrogen functional groups attached to an aromatic ring is 1. The van der Waals surface area contributed by atoms with Gasteiger partial charge in [-0.1, -0.05) is 13.0 Å². The van der Waals surface area contributed by atoms with Crippen molar-refractivity contribution in [2.75, 3.05) is 17.6 Å². The minimum absolute atomic E-state index is 0.0764. The van der Waals surface area contributed by atoms with E-state index in [2.05, 4.69) is 12.2 Å². The molecule has 94 valence electrons. The molecule has 0 heterocycles. The van der Waals surface area contributed by atoms with Crippen LogP contribution in [0.1, 0.15) is 27.2 Å². The Labute approximate surface area is 103 Å². The Morgan fingerprint density at radius 2 is 2.18 bits per heavy atom. The zero-order chi connectivity index (χ0) is 12.8. The molecule has 0 radical (unpaired) electrons. The number of benzene rings is 1. The molecule has 1 aromatic carbocycles. The van der Waals surface area contributed by atoms with E-state index in [0.29, 0.717) is 5.69 Å². The van der Waals surface area contributed by atoms with Crippen molar-refractivity contribution in [3.8, 4) is 0 Å². The summed E-state index contributed by atoms with van der Waals surface area (Å²) in [6, 6.07) is 7.32. The monoisotopic (exact) mass is 235 g/mol. The Morgan fingerprint density at radius 1 is 1.47 bits per heavy atom. The van der Waals surface area contributed by atoms with Gasteiger partial charge in [0.15, 0.2) is 0 Å². The smallest absolute Gasteiger partial charge is 0.322 e. The summed E-state index contributed by atoms with van der Waals surface area (Å²) in [5.74, 6) is 0. The first-order valence-corrected chi connectivity index (χ1v) is 5.97. The highest BCUT2D eigenvalue weighted by Gasteiger charge is 2.15. The Kier molecular flexibility index (Phi) is 4.82. The Bertz CT molecular complexity index is 377. The van der Waals surface area contributed by atoms with E-state index in [-0.39, 0.29) is 12.1 Å². The third kappa shape index (κ3) is 3.98. The van der Waals surface area contributed by atoms with Crippen molar-refractivity contribution >= 4 is 17.4 Å². The molecule has 0 bridgehead atoms. The third-order valence-electron chi connectivity index (χ3n) is 2.49. The lowest BCUT2D eigenvalue weighted by Crippen LogP contribution is -2.40. The first kappa shape index (κ1) is 13.4. The largest absolute Gasteiger partial charge is 0.399 e. The van der Waals surface area contributed by atoms with Crippen LogP contribution in [0.2, 0.25) is 0 Å². The molecular formula is C13H21N3O. The average molecular weight is 235 g/mol. The van der Waals surface area contributed by atoms with E-state index >= 15 is 0 Å². The first-order valence-electron chi connectivity index (χ1n) is 5.97. The highest BCUT2D eigenvalue weighted by atomic mass is 16.2. The third-order valence-corrected chi connectivity index (χ3v) is 2.49. The Morgan fingerprint density at radius 3 is 2.71 bits per heavy atom. The van der Waals surface area contributed by atoms with E-state index in [0.717, 1.165) is 18.7 Å². The molecule has 0 aliphatic rings. The molecule has 4 heteroatoms. The van der Waals surface area contributed by atoms with Gasteiger partial charge in [-0.05, 0) is 38.5 Å². The average Bonchev–Trinajstić information content (AvgIpc) is 2.25.